The predicted molar refractivity (Wildman–Crippen MR) is 108 cm³/mol. The van der Waals surface area contributed by atoms with Crippen LogP contribution in [0.5, 0.6) is 0 Å². The third-order valence-electron chi connectivity index (χ3n) is 4.61. The minimum Gasteiger partial charge on any atom is -0.465 e. The molecule has 1 aliphatic rings. The van der Waals surface area contributed by atoms with Gasteiger partial charge in [-0.25, -0.2) is 0 Å². The van der Waals surface area contributed by atoms with Gasteiger partial charge in [0.1, 0.15) is 11.5 Å². The van der Waals surface area contributed by atoms with Gasteiger partial charge in [-0.15, -0.1) is 0 Å². The van der Waals surface area contributed by atoms with Gasteiger partial charge in [0.25, 0.3) is 5.91 Å². The van der Waals surface area contributed by atoms with Crippen LogP contribution in [0, 0.1) is 20.8 Å². The minimum atomic E-state index is -0.143. The second-order valence-corrected chi connectivity index (χ2v) is 8.35. The SMILES string of the molecule is Cc1oc(C)c(C(=O)Nc2cccc(CN3CCSCC3)c2C)c1Br. The molecule has 1 N–H and O–H groups in total. The van der Waals surface area contributed by atoms with Crippen LogP contribution >= 0.6 is 27.7 Å². The first-order valence-corrected chi connectivity index (χ1v) is 10.4. The van der Waals surface area contributed by atoms with E-state index in [0.717, 1.165) is 41.1 Å². The molecule has 1 aliphatic heterocycles. The molecule has 1 fully saturated rings. The summed E-state index contributed by atoms with van der Waals surface area (Å²) in [6.07, 6.45) is 0. The number of nitrogens with zero attached hydrogens (tertiary/aromatic N) is 1. The lowest BCUT2D eigenvalue weighted by atomic mass is 10.1. The lowest BCUT2D eigenvalue weighted by Gasteiger charge is -2.27. The van der Waals surface area contributed by atoms with E-state index in [-0.39, 0.29) is 5.91 Å². The minimum absolute atomic E-state index is 0.143. The quantitative estimate of drug-likeness (QED) is 0.770. The standard InChI is InChI=1S/C19H23BrN2O2S/c1-12-15(11-22-7-9-25-10-8-22)5-4-6-16(12)21-19(23)17-13(2)24-14(3)18(17)20/h4-6H,7-11H2,1-3H3,(H,21,23). The molecule has 3 rings (SSSR count). The smallest absolute Gasteiger partial charge is 0.260 e. The highest BCUT2D eigenvalue weighted by Crippen LogP contribution is 2.29. The Hall–Kier alpha value is -1.24. The number of hydrogen-bond acceptors (Lipinski definition) is 4. The Bertz CT molecular complexity index is 782. The molecule has 2 heterocycles. The van der Waals surface area contributed by atoms with Gasteiger partial charge in [-0.1, -0.05) is 12.1 Å². The predicted octanol–water partition coefficient (Wildman–Crippen LogP) is 4.77. The number of anilines is 1. The van der Waals surface area contributed by atoms with Gasteiger partial charge < -0.3 is 9.73 Å². The van der Waals surface area contributed by atoms with E-state index in [2.05, 4.69) is 39.1 Å². The molecule has 1 saturated heterocycles. The lowest BCUT2D eigenvalue weighted by Crippen LogP contribution is -2.32. The number of thioether (sulfide) groups is 1. The summed E-state index contributed by atoms with van der Waals surface area (Å²) in [6, 6.07) is 6.12. The number of carbonyl (C=O) groups is 1. The Kier molecular flexibility index (Phi) is 5.92. The van der Waals surface area contributed by atoms with Gasteiger partial charge in [-0.05, 0) is 53.9 Å². The van der Waals surface area contributed by atoms with Gasteiger partial charge >= 0.3 is 0 Å². The maximum atomic E-state index is 12.7. The number of aryl methyl sites for hydroxylation is 2. The summed E-state index contributed by atoms with van der Waals surface area (Å²) in [6.45, 7) is 8.92. The van der Waals surface area contributed by atoms with E-state index in [4.69, 9.17) is 4.42 Å². The first-order chi connectivity index (χ1) is 12.0. The molecule has 0 aliphatic carbocycles. The summed E-state index contributed by atoms with van der Waals surface area (Å²) in [5, 5.41) is 3.05. The average molecular weight is 423 g/mol. The third kappa shape index (κ3) is 4.13. The van der Waals surface area contributed by atoms with Crippen molar-refractivity contribution in [3.63, 3.8) is 0 Å². The first-order valence-electron chi connectivity index (χ1n) is 8.42. The fourth-order valence-electron chi connectivity index (χ4n) is 3.09. The number of rotatable bonds is 4. The van der Waals surface area contributed by atoms with E-state index in [0.29, 0.717) is 11.3 Å². The number of furan rings is 1. The van der Waals surface area contributed by atoms with Crippen LogP contribution < -0.4 is 5.32 Å². The summed E-state index contributed by atoms with van der Waals surface area (Å²) in [5.41, 5.74) is 3.82. The zero-order chi connectivity index (χ0) is 18.0. The summed E-state index contributed by atoms with van der Waals surface area (Å²) >= 11 is 5.47. The van der Waals surface area contributed by atoms with Crippen LogP contribution in [-0.4, -0.2) is 35.4 Å². The van der Waals surface area contributed by atoms with Crippen molar-refractivity contribution in [2.24, 2.45) is 0 Å². The molecule has 0 saturated carbocycles. The normalized spacial score (nSPS) is 15.4. The van der Waals surface area contributed by atoms with Crippen LogP contribution in [0.25, 0.3) is 0 Å². The monoisotopic (exact) mass is 422 g/mol. The molecule has 4 nitrogen and oxygen atoms in total. The zero-order valence-corrected chi connectivity index (χ0v) is 17.2. The number of hydrogen-bond donors (Lipinski definition) is 1. The van der Waals surface area contributed by atoms with Gasteiger partial charge in [-0.3, -0.25) is 9.69 Å². The third-order valence-corrected chi connectivity index (χ3v) is 6.50. The Morgan fingerprint density at radius 2 is 1.96 bits per heavy atom. The molecular formula is C19H23BrN2O2S. The molecule has 0 radical (unpaired) electrons. The summed E-state index contributed by atoms with van der Waals surface area (Å²) in [5.74, 6) is 3.60. The number of nitrogens with one attached hydrogen (secondary N) is 1. The molecule has 1 aromatic carbocycles. The first kappa shape index (κ1) is 18.5. The molecule has 1 amide bonds. The Morgan fingerprint density at radius 1 is 1.24 bits per heavy atom. The fourth-order valence-corrected chi connectivity index (χ4v) is 4.61. The highest BCUT2D eigenvalue weighted by Gasteiger charge is 2.21. The van der Waals surface area contributed by atoms with Crippen LogP contribution in [0.2, 0.25) is 0 Å². The molecular weight excluding hydrogens is 400 g/mol. The number of carbonyl (C=O) groups excluding carboxylic acids is 1. The topological polar surface area (TPSA) is 45.5 Å². The summed E-state index contributed by atoms with van der Waals surface area (Å²) in [7, 11) is 0. The van der Waals surface area contributed by atoms with Crippen molar-refractivity contribution >= 4 is 39.3 Å². The van der Waals surface area contributed by atoms with Crippen LogP contribution in [0.4, 0.5) is 5.69 Å². The average Bonchev–Trinajstić information content (AvgIpc) is 2.84. The number of benzene rings is 1. The van der Waals surface area contributed by atoms with E-state index in [1.165, 1.54) is 17.1 Å². The van der Waals surface area contributed by atoms with Crippen LogP contribution in [0.3, 0.4) is 0 Å². The molecule has 1 aromatic heterocycles. The van der Waals surface area contributed by atoms with Crippen molar-refractivity contribution in [1.29, 1.82) is 0 Å². The Labute approximate surface area is 161 Å². The molecule has 0 spiro atoms. The molecule has 0 bridgehead atoms. The van der Waals surface area contributed by atoms with E-state index >= 15 is 0 Å². The maximum Gasteiger partial charge on any atom is 0.260 e. The second-order valence-electron chi connectivity index (χ2n) is 6.34. The Balaban J connectivity index is 1.78. The molecule has 0 unspecified atom stereocenters. The summed E-state index contributed by atoms with van der Waals surface area (Å²) in [4.78, 5) is 15.2. The van der Waals surface area contributed by atoms with Crippen molar-refractivity contribution in [1.82, 2.24) is 4.90 Å². The van der Waals surface area contributed by atoms with E-state index in [9.17, 15) is 4.79 Å². The van der Waals surface area contributed by atoms with Gasteiger partial charge in [0, 0.05) is 36.8 Å². The molecule has 25 heavy (non-hydrogen) atoms. The summed E-state index contributed by atoms with van der Waals surface area (Å²) < 4.78 is 6.27. The maximum absolute atomic E-state index is 12.7. The van der Waals surface area contributed by atoms with Crippen LogP contribution in [0.15, 0.2) is 27.1 Å². The number of amides is 1. The van der Waals surface area contributed by atoms with Crippen LogP contribution in [0.1, 0.15) is 33.0 Å². The van der Waals surface area contributed by atoms with Crippen molar-refractivity contribution in [2.75, 3.05) is 29.9 Å². The fraction of sp³-hybridized carbons (Fsp3) is 0.421. The number of halogens is 1. The molecule has 2 aromatic rings. The van der Waals surface area contributed by atoms with E-state index < -0.39 is 0 Å². The van der Waals surface area contributed by atoms with Crippen molar-refractivity contribution in [2.45, 2.75) is 27.3 Å². The highest BCUT2D eigenvalue weighted by molar-refractivity contribution is 9.10. The molecule has 0 atom stereocenters. The van der Waals surface area contributed by atoms with E-state index in [1.807, 2.05) is 37.7 Å². The molecule has 134 valence electrons. The zero-order valence-electron chi connectivity index (χ0n) is 14.8. The van der Waals surface area contributed by atoms with Gasteiger partial charge in [-0.2, -0.15) is 11.8 Å². The van der Waals surface area contributed by atoms with Gasteiger partial charge in [0.15, 0.2) is 0 Å². The lowest BCUT2D eigenvalue weighted by molar-refractivity contribution is 0.102. The second kappa shape index (κ2) is 7.98. The van der Waals surface area contributed by atoms with Crippen molar-refractivity contribution in [3.8, 4) is 0 Å². The largest absolute Gasteiger partial charge is 0.465 e. The van der Waals surface area contributed by atoms with E-state index in [1.54, 1.807) is 0 Å². The van der Waals surface area contributed by atoms with Gasteiger partial charge in [0.2, 0.25) is 0 Å². The molecule has 6 heteroatoms. The van der Waals surface area contributed by atoms with Gasteiger partial charge in [0.05, 0.1) is 10.0 Å². The van der Waals surface area contributed by atoms with Crippen molar-refractivity contribution in [3.05, 3.63) is 50.9 Å². The van der Waals surface area contributed by atoms with Crippen LogP contribution in [-0.2, 0) is 6.54 Å². The Morgan fingerprint density at radius 3 is 2.60 bits per heavy atom. The highest BCUT2D eigenvalue weighted by atomic mass is 79.9. The van der Waals surface area contributed by atoms with Crippen molar-refractivity contribution < 1.29 is 9.21 Å².